The van der Waals surface area contributed by atoms with Gasteiger partial charge in [-0.05, 0) is 50.1 Å². The average molecular weight is 536 g/mol. The van der Waals surface area contributed by atoms with Crippen molar-refractivity contribution in [2.45, 2.75) is 56.1 Å². The summed E-state index contributed by atoms with van der Waals surface area (Å²) >= 11 is 1.09. The van der Waals surface area contributed by atoms with Gasteiger partial charge in [0.25, 0.3) is 11.1 Å². The van der Waals surface area contributed by atoms with Gasteiger partial charge in [-0.2, -0.15) is 9.29 Å². The first-order chi connectivity index (χ1) is 17.2. The Morgan fingerprint density at radius 3 is 2.47 bits per heavy atom. The minimum atomic E-state index is -3.59. The van der Waals surface area contributed by atoms with E-state index >= 15 is 0 Å². The summed E-state index contributed by atoms with van der Waals surface area (Å²) in [5, 5.41) is 0.277. The summed E-state index contributed by atoms with van der Waals surface area (Å²) in [5.41, 5.74) is 0.521. The summed E-state index contributed by atoms with van der Waals surface area (Å²) < 4.78 is 61.2. The van der Waals surface area contributed by atoms with Crippen LogP contribution in [0, 0.1) is 11.6 Å². The van der Waals surface area contributed by atoms with Crippen molar-refractivity contribution in [1.82, 2.24) is 14.2 Å². The molecule has 192 valence electrons. The van der Waals surface area contributed by atoms with Gasteiger partial charge in [0.2, 0.25) is 10.0 Å². The molecule has 1 unspecified atom stereocenters. The van der Waals surface area contributed by atoms with Gasteiger partial charge in [0.05, 0.1) is 9.60 Å². The third-order valence-corrected chi connectivity index (χ3v) is 9.76. The molecule has 0 aliphatic carbocycles. The number of ether oxygens (including phenoxy) is 1. The zero-order valence-corrected chi connectivity index (χ0v) is 21.5. The molecule has 0 bridgehead atoms. The van der Waals surface area contributed by atoms with E-state index in [4.69, 9.17) is 4.74 Å². The number of aromatic nitrogens is 1. The van der Waals surface area contributed by atoms with Crippen molar-refractivity contribution in [2.24, 2.45) is 0 Å². The van der Waals surface area contributed by atoms with Crippen molar-refractivity contribution in [3.63, 3.8) is 0 Å². The second-order valence-corrected chi connectivity index (χ2v) is 12.2. The summed E-state index contributed by atoms with van der Waals surface area (Å²) in [4.78, 5) is 19.1. The fraction of sp³-hybridized carbons (Fsp3) is 0.440. The summed E-state index contributed by atoms with van der Waals surface area (Å²) in [6.07, 6.45) is 3.68. The molecule has 0 saturated carbocycles. The number of nitrogens with zero attached hydrogens (tertiary/aromatic N) is 3. The van der Waals surface area contributed by atoms with Crippen LogP contribution in [-0.4, -0.2) is 60.3 Å². The number of amides is 1. The normalized spacial score (nSPS) is 20.1. The number of hydrogen-bond acceptors (Lipinski definition) is 6. The molecule has 1 atom stereocenters. The average Bonchev–Trinajstić information content (AvgIpc) is 3.27. The SMILES string of the molecule is CC1CCCCN1S(=O)(=O)c1ccc(C(=O)N2CCC(Oc3nc4c(F)cc(F)cc4s3)CC2)cc1. The molecule has 2 aliphatic rings. The van der Waals surface area contributed by atoms with Gasteiger partial charge in [-0.1, -0.05) is 17.8 Å². The highest BCUT2D eigenvalue weighted by Gasteiger charge is 2.31. The molecule has 36 heavy (non-hydrogen) atoms. The minimum absolute atomic E-state index is 0.0310. The van der Waals surface area contributed by atoms with Crippen LogP contribution in [0.5, 0.6) is 5.19 Å². The van der Waals surface area contributed by atoms with E-state index in [0.29, 0.717) is 42.7 Å². The van der Waals surface area contributed by atoms with E-state index in [1.807, 2.05) is 6.92 Å². The Balaban J connectivity index is 1.19. The number of likely N-dealkylation sites (tertiary alicyclic amines) is 1. The molecule has 3 aromatic rings. The lowest BCUT2D eigenvalue weighted by Crippen LogP contribution is -2.42. The summed E-state index contributed by atoms with van der Waals surface area (Å²) in [6, 6.07) is 8.16. The van der Waals surface area contributed by atoms with Crippen LogP contribution < -0.4 is 4.74 Å². The van der Waals surface area contributed by atoms with E-state index < -0.39 is 21.7 Å². The van der Waals surface area contributed by atoms with Crippen molar-refractivity contribution >= 4 is 37.5 Å². The van der Waals surface area contributed by atoms with Crippen molar-refractivity contribution < 1.29 is 26.7 Å². The summed E-state index contributed by atoms with van der Waals surface area (Å²) in [6.45, 7) is 3.37. The van der Waals surface area contributed by atoms with Gasteiger partial charge in [-0.25, -0.2) is 17.2 Å². The Hall–Kier alpha value is -2.63. The van der Waals surface area contributed by atoms with Gasteiger partial charge in [0.15, 0.2) is 5.82 Å². The molecule has 0 N–H and O–H groups in total. The Bertz CT molecular complexity index is 1370. The van der Waals surface area contributed by atoms with Crippen LogP contribution in [0.15, 0.2) is 41.3 Å². The Morgan fingerprint density at radius 2 is 1.78 bits per heavy atom. The molecule has 11 heteroatoms. The number of hydrogen-bond donors (Lipinski definition) is 0. The second-order valence-electron chi connectivity index (χ2n) is 9.31. The van der Waals surface area contributed by atoms with Crippen LogP contribution in [0.4, 0.5) is 8.78 Å². The van der Waals surface area contributed by atoms with E-state index in [1.54, 1.807) is 21.3 Å². The van der Waals surface area contributed by atoms with Crippen molar-refractivity contribution in [3.8, 4) is 5.19 Å². The smallest absolute Gasteiger partial charge is 0.274 e. The van der Waals surface area contributed by atoms with E-state index in [0.717, 1.165) is 36.7 Å². The number of halogens is 2. The fourth-order valence-corrected chi connectivity index (χ4v) is 7.44. The standard InChI is InChI=1S/C25H27F2N3O4S2/c1-16-4-2-3-11-30(16)36(32,33)20-7-5-17(6-8-20)24(31)29-12-9-19(10-13-29)34-25-28-23-21(27)14-18(26)15-22(23)35-25/h5-8,14-16,19H,2-4,9-13H2,1H3. The summed E-state index contributed by atoms with van der Waals surface area (Å²) in [7, 11) is -3.59. The van der Waals surface area contributed by atoms with Crippen LogP contribution >= 0.6 is 11.3 Å². The molecule has 2 aromatic carbocycles. The molecule has 1 aromatic heterocycles. The first-order valence-electron chi connectivity index (χ1n) is 12.1. The maximum atomic E-state index is 13.9. The van der Waals surface area contributed by atoms with Crippen molar-refractivity contribution in [2.75, 3.05) is 19.6 Å². The number of thiazole rings is 1. The maximum absolute atomic E-state index is 13.9. The molecule has 0 spiro atoms. The van der Waals surface area contributed by atoms with E-state index in [-0.39, 0.29) is 33.7 Å². The number of fused-ring (bicyclic) bond motifs is 1. The predicted molar refractivity (Wildman–Crippen MR) is 133 cm³/mol. The Kier molecular flexibility index (Phi) is 6.97. The lowest BCUT2D eigenvalue weighted by atomic mass is 10.1. The molecular weight excluding hydrogens is 508 g/mol. The van der Waals surface area contributed by atoms with Crippen molar-refractivity contribution in [3.05, 3.63) is 53.6 Å². The molecule has 1 amide bonds. The molecule has 2 aliphatic heterocycles. The molecule has 7 nitrogen and oxygen atoms in total. The largest absolute Gasteiger partial charge is 0.467 e. The number of benzene rings is 2. The van der Waals surface area contributed by atoms with Gasteiger partial charge in [-0.15, -0.1) is 0 Å². The molecule has 2 fully saturated rings. The van der Waals surface area contributed by atoms with Gasteiger partial charge in [0.1, 0.15) is 17.4 Å². The van der Waals surface area contributed by atoms with Crippen molar-refractivity contribution in [1.29, 1.82) is 0 Å². The van der Waals surface area contributed by atoms with E-state index in [1.165, 1.54) is 18.2 Å². The second kappa shape index (κ2) is 10.0. The molecule has 2 saturated heterocycles. The van der Waals surface area contributed by atoms with E-state index in [2.05, 4.69) is 4.98 Å². The highest BCUT2D eigenvalue weighted by Crippen LogP contribution is 2.32. The van der Waals surface area contributed by atoms with Crippen LogP contribution in [-0.2, 0) is 10.0 Å². The van der Waals surface area contributed by atoms with Crippen LogP contribution in [0.2, 0.25) is 0 Å². The topological polar surface area (TPSA) is 79.8 Å². The number of rotatable bonds is 5. The zero-order chi connectivity index (χ0) is 25.4. The quantitative estimate of drug-likeness (QED) is 0.468. The van der Waals surface area contributed by atoms with E-state index in [9.17, 15) is 22.0 Å². The maximum Gasteiger partial charge on any atom is 0.274 e. The number of piperidine rings is 2. The van der Waals surface area contributed by atoms with Gasteiger partial charge < -0.3 is 9.64 Å². The predicted octanol–water partition coefficient (Wildman–Crippen LogP) is 4.82. The zero-order valence-electron chi connectivity index (χ0n) is 19.8. The monoisotopic (exact) mass is 535 g/mol. The first-order valence-corrected chi connectivity index (χ1v) is 14.3. The number of carbonyl (C=O) groups excluding carboxylic acids is 1. The summed E-state index contributed by atoms with van der Waals surface area (Å²) in [5.74, 6) is -1.55. The highest BCUT2D eigenvalue weighted by molar-refractivity contribution is 7.89. The molecule has 0 radical (unpaired) electrons. The van der Waals surface area contributed by atoms with Gasteiger partial charge in [0, 0.05) is 50.1 Å². The van der Waals surface area contributed by atoms with Gasteiger partial charge in [-0.3, -0.25) is 4.79 Å². The minimum Gasteiger partial charge on any atom is -0.467 e. The van der Waals surface area contributed by atoms with Crippen LogP contribution in [0.1, 0.15) is 49.4 Å². The lowest BCUT2D eigenvalue weighted by molar-refractivity contribution is 0.0595. The third kappa shape index (κ3) is 4.96. The van der Waals surface area contributed by atoms with Crippen LogP contribution in [0.25, 0.3) is 10.2 Å². The molecular formula is C25H27F2N3O4S2. The van der Waals surface area contributed by atoms with Gasteiger partial charge >= 0.3 is 0 Å². The lowest BCUT2D eigenvalue weighted by Gasteiger charge is -2.32. The molecule has 5 rings (SSSR count). The molecule has 3 heterocycles. The Morgan fingerprint density at radius 1 is 1.06 bits per heavy atom. The van der Waals surface area contributed by atoms with Crippen LogP contribution in [0.3, 0.4) is 0 Å². The number of carbonyl (C=O) groups is 1. The highest BCUT2D eigenvalue weighted by atomic mass is 32.2. The number of sulfonamides is 1. The third-order valence-electron chi connectivity index (χ3n) is 6.84. The first kappa shape index (κ1) is 25.0. The fourth-order valence-electron chi connectivity index (χ4n) is 4.82. The Labute approximate surface area is 212 Å².